The number of carbonyl (C=O) groups is 4. The third-order valence-corrected chi connectivity index (χ3v) is 3.56. The number of nitrogens with zero attached hydrogens (tertiary/aromatic N) is 2. The number of anilines is 1. The van der Waals surface area contributed by atoms with Crippen LogP contribution in [-0.4, -0.2) is 73.1 Å². The van der Waals surface area contributed by atoms with Gasteiger partial charge in [-0.05, 0) is 24.3 Å². The average molecular weight is 370 g/mol. The first-order valence-corrected chi connectivity index (χ1v) is 7.42. The van der Waals surface area contributed by atoms with Gasteiger partial charge in [0.2, 0.25) is 6.10 Å². The van der Waals surface area contributed by atoms with E-state index in [1.165, 1.54) is 12.1 Å². The molecule has 0 radical (unpaired) electrons. The first-order chi connectivity index (χ1) is 14.6. The van der Waals surface area contributed by atoms with Crippen LogP contribution in [0, 0.1) is 0 Å². The molecule has 1 aromatic rings. The molecule has 9 nitrogen and oxygen atoms in total. The highest BCUT2D eigenvalue weighted by molar-refractivity contribution is 6.01. The van der Waals surface area contributed by atoms with Crippen molar-refractivity contribution in [3.05, 3.63) is 29.8 Å². The van der Waals surface area contributed by atoms with Crippen molar-refractivity contribution in [2.45, 2.75) is 19.1 Å². The second-order valence-corrected chi connectivity index (χ2v) is 5.34. The van der Waals surface area contributed by atoms with Crippen molar-refractivity contribution in [1.82, 2.24) is 4.90 Å². The molecule has 26 heavy (non-hydrogen) atoms. The summed E-state index contributed by atoms with van der Waals surface area (Å²) in [5, 5.41) is 9.27. The van der Waals surface area contributed by atoms with Crippen molar-refractivity contribution in [1.29, 1.82) is 0 Å². The smallest absolute Gasteiger partial charge is 0.348 e. The number of morpholine rings is 1. The van der Waals surface area contributed by atoms with Crippen molar-refractivity contribution >= 4 is 29.4 Å². The maximum Gasteiger partial charge on any atom is 0.348 e. The average Bonchev–Trinajstić information content (AvgIpc) is 2.64. The Kier molecular flexibility index (Phi) is 3.80. The molecule has 1 N–H and O–H groups in total. The van der Waals surface area contributed by atoms with E-state index >= 15 is 0 Å². The SMILES string of the molecule is [2H]C([2H])([2H])N(C(=O)c1ccc(N2CCO[C@H]([C@@H](OC(C)=O)C(=O)O)C2=O)cc1)C([2H])([2H])[2H]. The molecule has 0 unspecified atom stereocenters. The predicted octanol–water partition coefficient (Wildman–Crippen LogP) is 0.137. The van der Waals surface area contributed by atoms with Gasteiger partial charge in [0.25, 0.3) is 11.8 Å². The molecule has 1 fully saturated rings. The van der Waals surface area contributed by atoms with E-state index in [0.717, 1.165) is 24.0 Å². The Morgan fingerprint density at radius 3 is 2.54 bits per heavy atom. The third kappa shape index (κ3) is 4.17. The monoisotopic (exact) mass is 370 g/mol. The number of esters is 1. The predicted molar refractivity (Wildman–Crippen MR) is 89.7 cm³/mol. The van der Waals surface area contributed by atoms with E-state index in [1.54, 1.807) is 0 Å². The molecule has 0 aliphatic carbocycles. The summed E-state index contributed by atoms with van der Waals surface area (Å²) >= 11 is 0. The summed E-state index contributed by atoms with van der Waals surface area (Å²) in [6.07, 6.45) is -3.47. The molecular weight excluding hydrogens is 344 g/mol. The van der Waals surface area contributed by atoms with Crippen molar-refractivity contribution < 1.29 is 42.0 Å². The number of rotatable bonds is 5. The summed E-state index contributed by atoms with van der Waals surface area (Å²) in [4.78, 5) is 48.8. The van der Waals surface area contributed by atoms with Crippen molar-refractivity contribution in [2.24, 2.45) is 0 Å². The molecule has 9 heteroatoms. The zero-order chi connectivity index (χ0) is 24.4. The fraction of sp³-hybridized carbons (Fsp3) is 0.412. The van der Waals surface area contributed by atoms with Crippen molar-refractivity contribution in [2.75, 3.05) is 32.0 Å². The van der Waals surface area contributed by atoms with E-state index < -0.39 is 49.9 Å². The fourth-order valence-electron chi connectivity index (χ4n) is 2.41. The van der Waals surface area contributed by atoms with Crippen LogP contribution in [0.25, 0.3) is 0 Å². The molecule has 1 aromatic carbocycles. The number of ether oxygens (including phenoxy) is 2. The van der Waals surface area contributed by atoms with Crippen LogP contribution in [0.1, 0.15) is 25.5 Å². The molecule has 1 saturated heterocycles. The van der Waals surface area contributed by atoms with E-state index in [9.17, 15) is 24.3 Å². The van der Waals surface area contributed by atoms with Crippen molar-refractivity contribution in [3.8, 4) is 0 Å². The molecule has 0 bridgehead atoms. The Morgan fingerprint density at radius 2 is 2.00 bits per heavy atom. The minimum atomic E-state index is -3.21. The minimum absolute atomic E-state index is 0.0195. The molecule has 0 saturated carbocycles. The van der Waals surface area contributed by atoms with E-state index in [0.29, 0.717) is 0 Å². The zero-order valence-electron chi connectivity index (χ0n) is 19.7. The van der Waals surface area contributed by atoms with Gasteiger partial charge in [0.05, 0.1) is 6.61 Å². The second-order valence-electron chi connectivity index (χ2n) is 5.34. The molecule has 1 aliphatic rings. The minimum Gasteiger partial charge on any atom is -0.478 e. The van der Waals surface area contributed by atoms with Gasteiger partial charge in [0, 0.05) is 46.9 Å². The van der Waals surface area contributed by atoms with Crippen LogP contribution >= 0.6 is 0 Å². The lowest BCUT2D eigenvalue weighted by Crippen LogP contribution is -2.55. The third-order valence-electron chi connectivity index (χ3n) is 3.56. The summed E-state index contributed by atoms with van der Waals surface area (Å²) in [6.45, 7) is -5.49. The lowest BCUT2D eigenvalue weighted by molar-refractivity contribution is -0.177. The van der Waals surface area contributed by atoms with Crippen LogP contribution in [0.2, 0.25) is 0 Å². The summed E-state index contributed by atoms with van der Waals surface area (Å²) in [5.74, 6) is -4.56. The van der Waals surface area contributed by atoms with Crippen LogP contribution < -0.4 is 4.90 Å². The number of carbonyl (C=O) groups excluding carboxylic acids is 3. The molecule has 1 aliphatic heterocycles. The van der Waals surface area contributed by atoms with E-state index in [1.807, 2.05) is 0 Å². The topological polar surface area (TPSA) is 113 Å². The van der Waals surface area contributed by atoms with Gasteiger partial charge in [-0.2, -0.15) is 0 Å². The van der Waals surface area contributed by atoms with Gasteiger partial charge in [-0.1, -0.05) is 0 Å². The number of aliphatic carboxylic acids is 1. The number of carboxylic acid groups (broad SMARTS) is 1. The Bertz CT molecular complexity index is 886. The maximum atomic E-state index is 12.8. The first kappa shape index (κ1) is 12.4. The van der Waals surface area contributed by atoms with Gasteiger partial charge >= 0.3 is 11.9 Å². The van der Waals surface area contributed by atoms with Gasteiger partial charge in [0.15, 0.2) is 6.10 Å². The quantitative estimate of drug-likeness (QED) is 0.733. The largest absolute Gasteiger partial charge is 0.478 e. The Morgan fingerprint density at radius 1 is 1.35 bits per heavy atom. The van der Waals surface area contributed by atoms with Crippen LogP contribution in [-0.2, 0) is 23.9 Å². The van der Waals surface area contributed by atoms with E-state index in [4.69, 9.17) is 13.0 Å². The molecule has 0 spiro atoms. The van der Waals surface area contributed by atoms with Crippen LogP contribution in [0.4, 0.5) is 5.69 Å². The molecule has 1 heterocycles. The molecule has 140 valence electrons. The normalized spacial score (nSPS) is 22.6. The van der Waals surface area contributed by atoms with E-state index in [-0.39, 0.29) is 29.3 Å². The number of hydrogen-bond donors (Lipinski definition) is 1. The second kappa shape index (κ2) is 7.96. The zero-order valence-corrected chi connectivity index (χ0v) is 13.7. The lowest BCUT2D eigenvalue weighted by Gasteiger charge is -2.34. The van der Waals surface area contributed by atoms with E-state index in [2.05, 4.69) is 4.74 Å². The highest BCUT2D eigenvalue weighted by Crippen LogP contribution is 2.22. The number of benzene rings is 1. The van der Waals surface area contributed by atoms with Crippen molar-refractivity contribution in [3.63, 3.8) is 0 Å². The van der Waals surface area contributed by atoms with Gasteiger partial charge in [-0.25, -0.2) is 4.79 Å². The molecule has 2 rings (SSSR count). The highest BCUT2D eigenvalue weighted by atomic mass is 16.6. The lowest BCUT2D eigenvalue weighted by atomic mass is 10.1. The summed E-state index contributed by atoms with van der Waals surface area (Å²) in [6, 6.07) is 4.82. The molecule has 0 aromatic heterocycles. The standard InChI is InChI=1S/C17H20N2O7/c1-10(20)26-14(17(23)24)13-16(22)19(8-9-25-13)12-6-4-11(5-7-12)15(21)18(2)3/h4-7,13-14H,8-9H2,1-3H3,(H,23,24)/t13-,14-/m1/s1/i2D3,3D3. The van der Waals surface area contributed by atoms with Crippen LogP contribution in [0.5, 0.6) is 0 Å². The fourth-order valence-corrected chi connectivity index (χ4v) is 2.41. The Balaban J connectivity index is 2.28. The molecule has 2 atom stereocenters. The number of carboxylic acids is 1. The van der Waals surface area contributed by atoms with Gasteiger partial charge in [0.1, 0.15) is 0 Å². The maximum absolute atomic E-state index is 12.8. The highest BCUT2D eigenvalue weighted by Gasteiger charge is 2.42. The summed E-state index contributed by atoms with van der Waals surface area (Å²) in [5.41, 5.74) is -0.0392. The van der Waals surface area contributed by atoms with Crippen LogP contribution in [0.15, 0.2) is 24.3 Å². The Labute approximate surface area is 158 Å². The summed E-state index contributed by atoms with van der Waals surface area (Å²) < 4.78 is 53.8. The number of amides is 2. The van der Waals surface area contributed by atoms with Gasteiger partial charge in [-0.15, -0.1) is 0 Å². The molecule has 2 amide bonds. The number of hydrogen-bond acceptors (Lipinski definition) is 6. The van der Waals surface area contributed by atoms with Gasteiger partial charge in [-0.3, -0.25) is 14.4 Å². The Hall–Kier alpha value is -2.94. The molecular formula is C17H20N2O7. The van der Waals surface area contributed by atoms with Crippen LogP contribution in [0.3, 0.4) is 0 Å². The summed E-state index contributed by atoms with van der Waals surface area (Å²) in [7, 11) is 0. The first-order valence-electron chi connectivity index (χ1n) is 10.4. The van der Waals surface area contributed by atoms with Gasteiger partial charge < -0.3 is 24.4 Å².